The van der Waals surface area contributed by atoms with Gasteiger partial charge in [0.15, 0.2) is 0 Å². The number of aliphatic hydroxyl groups excluding tert-OH is 2. The minimum Gasteiger partial charge on any atom is -0.481 e. The molecule has 8 atom stereocenters. The molecular formula is C25H40O4. The van der Waals surface area contributed by atoms with Crippen LogP contribution >= 0.6 is 0 Å². The summed E-state index contributed by atoms with van der Waals surface area (Å²) in [5.41, 5.74) is 1.43. The highest BCUT2D eigenvalue weighted by molar-refractivity contribution is 5.66. The minimum absolute atomic E-state index is 0.141. The van der Waals surface area contributed by atoms with Crippen LogP contribution in [-0.2, 0) is 4.79 Å². The number of hydrogen-bond donors (Lipinski definition) is 3. The van der Waals surface area contributed by atoms with Crippen molar-refractivity contribution in [3.63, 3.8) is 0 Å². The molecule has 0 saturated heterocycles. The van der Waals surface area contributed by atoms with Gasteiger partial charge in [-0.05, 0) is 74.5 Å². The summed E-state index contributed by atoms with van der Waals surface area (Å²) in [6, 6.07) is 0. The summed E-state index contributed by atoms with van der Waals surface area (Å²) in [4.78, 5) is 10.7. The van der Waals surface area contributed by atoms with Gasteiger partial charge in [0.1, 0.15) is 0 Å². The molecule has 3 unspecified atom stereocenters. The Morgan fingerprint density at radius 3 is 2.79 bits per heavy atom. The summed E-state index contributed by atoms with van der Waals surface area (Å²) in [5, 5.41) is 30.1. The number of aliphatic hydroxyl groups is 2. The first-order chi connectivity index (χ1) is 13.9. The number of aliphatic carboxylic acids is 1. The van der Waals surface area contributed by atoms with Crippen molar-refractivity contribution < 1.29 is 20.1 Å². The molecule has 0 amide bonds. The topological polar surface area (TPSA) is 77.8 Å². The molecule has 0 radical (unpaired) electrons. The van der Waals surface area contributed by atoms with Gasteiger partial charge >= 0.3 is 5.97 Å². The van der Waals surface area contributed by atoms with Gasteiger partial charge in [0.2, 0.25) is 0 Å². The summed E-state index contributed by atoms with van der Waals surface area (Å²) in [6.45, 7) is 4.54. The van der Waals surface area contributed by atoms with Crippen LogP contribution in [0.3, 0.4) is 0 Å². The van der Waals surface area contributed by atoms with E-state index < -0.39 is 12.1 Å². The number of rotatable bonds is 9. The van der Waals surface area contributed by atoms with Gasteiger partial charge in [-0.1, -0.05) is 50.5 Å². The zero-order valence-electron chi connectivity index (χ0n) is 18.2. The van der Waals surface area contributed by atoms with Crippen molar-refractivity contribution in [3.05, 3.63) is 23.8 Å². The second-order valence-corrected chi connectivity index (χ2v) is 9.89. The maximum atomic E-state index is 10.8. The Kier molecular flexibility index (Phi) is 7.98. The second kappa shape index (κ2) is 10.3. The summed E-state index contributed by atoms with van der Waals surface area (Å²) in [7, 11) is 0. The Hall–Kier alpha value is -1.13. The third-order valence-electron chi connectivity index (χ3n) is 8.06. The van der Waals surface area contributed by atoms with Crippen LogP contribution in [0.4, 0.5) is 0 Å². The molecule has 3 fully saturated rings. The summed E-state index contributed by atoms with van der Waals surface area (Å²) in [5.74, 6) is 2.08. The first-order valence-corrected chi connectivity index (χ1v) is 11.8. The third-order valence-corrected chi connectivity index (χ3v) is 8.06. The maximum absolute atomic E-state index is 10.8. The number of allylic oxidation sites excluding steroid dienone is 2. The largest absolute Gasteiger partial charge is 0.481 e. The highest BCUT2D eigenvalue weighted by Gasteiger charge is 2.45. The molecular weight excluding hydrogens is 364 g/mol. The Morgan fingerprint density at radius 1 is 1.28 bits per heavy atom. The number of carboxylic acids is 1. The molecule has 3 saturated carbocycles. The third kappa shape index (κ3) is 5.52. The van der Waals surface area contributed by atoms with Crippen molar-refractivity contribution in [2.24, 2.45) is 35.5 Å². The van der Waals surface area contributed by atoms with Gasteiger partial charge in [-0.25, -0.2) is 0 Å². The highest BCUT2D eigenvalue weighted by Crippen LogP contribution is 2.50. The molecule has 164 valence electrons. The van der Waals surface area contributed by atoms with Crippen LogP contribution in [-0.4, -0.2) is 33.5 Å². The van der Waals surface area contributed by atoms with E-state index in [9.17, 15) is 15.0 Å². The standard InChI is InChI=1S/C25H40O4/c1-3-6-18-9-10-20(16(18)2)23(26)12-11-21-22-14-17(7-4-5-8-25(28)29)13-19(22)15-24(21)27/h7,11-12,16,18-24,26-27H,3-6,8-10,13-15H2,1-2H3,(H,28,29)/b12-11+,17-7+/t16?,18?,19-,20?,21-,22+,23+,24-/m1/s1. The lowest BCUT2D eigenvalue weighted by Gasteiger charge is -2.24. The van der Waals surface area contributed by atoms with E-state index in [0.717, 1.165) is 38.0 Å². The Labute approximate surface area is 176 Å². The van der Waals surface area contributed by atoms with E-state index in [-0.39, 0.29) is 18.4 Å². The molecule has 0 heterocycles. The molecule has 0 spiro atoms. The van der Waals surface area contributed by atoms with Crippen molar-refractivity contribution in [2.75, 3.05) is 0 Å². The predicted octanol–water partition coefficient (Wildman–Crippen LogP) is 4.95. The van der Waals surface area contributed by atoms with E-state index in [1.807, 2.05) is 6.08 Å². The molecule has 0 aliphatic heterocycles. The minimum atomic E-state index is -0.726. The summed E-state index contributed by atoms with van der Waals surface area (Å²) >= 11 is 0. The van der Waals surface area contributed by atoms with Crippen molar-refractivity contribution in [1.29, 1.82) is 0 Å². The van der Waals surface area contributed by atoms with Gasteiger partial charge < -0.3 is 15.3 Å². The molecule has 3 aliphatic carbocycles. The number of unbranched alkanes of at least 4 members (excludes halogenated alkanes) is 1. The van der Waals surface area contributed by atoms with E-state index in [2.05, 4.69) is 26.0 Å². The molecule has 3 rings (SSSR count). The van der Waals surface area contributed by atoms with Crippen LogP contribution in [0.1, 0.15) is 78.1 Å². The van der Waals surface area contributed by atoms with E-state index in [1.165, 1.54) is 24.8 Å². The van der Waals surface area contributed by atoms with Crippen LogP contribution in [0, 0.1) is 35.5 Å². The smallest absolute Gasteiger partial charge is 0.303 e. The summed E-state index contributed by atoms with van der Waals surface area (Å²) in [6.07, 6.45) is 15.1. The monoisotopic (exact) mass is 404 g/mol. The molecule has 3 aliphatic rings. The average Bonchev–Trinajstić information content (AvgIpc) is 3.30. The maximum Gasteiger partial charge on any atom is 0.303 e. The fraction of sp³-hybridized carbons (Fsp3) is 0.800. The predicted molar refractivity (Wildman–Crippen MR) is 115 cm³/mol. The number of fused-ring (bicyclic) bond motifs is 1. The van der Waals surface area contributed by atoms with Crippen LogP contribution < -0.4 is 0 Å². The number of hydrogen-bond acceptors (Lipinski definition) is 3. The van der Waals surface area contributed by atoms with Crippen molar-refractivity contribution in [3.8, 4) is 0 Å². The average molecular weight is 405 g/mol. The molecule has 3 N–H and O–H groups in total. The molecule has 0 bridgehead atoms. The van der Waals surface area contributed by atoms with Gasteiger partial charge in [-0.3, -0.25) is 4.79 Å². The Balaban J connectivity index is 1.54. The quantitative estimate of drug-likeness (QED) is 0.375. The fourth-order valence-electron chi connectivity index (χ4n) is 6.43. The first kappa shape index (κ1) is 22.6. The van der Waals surface area contributed by atoms with E-state index in [0.29, 0.717) is 30.1 Å². The molecule has 0 aromatic heterocycles. The Morgan fingerprint density at radius 2 is 2.07 bits per heavy atom. The van der Waals surface area contributed by atoms with Crippen molar-refractivity contribution in [2.45, 2.75) is 90.3 Å². The number of carboxylic acid groups (broad SMARTS) is 1. The lowest BCUT2D eigenvalue weighted by Crippen LogP contribution is -2.24. The van der Waals surface area contributed by atoms with Gasteiger partial charge in [0.25, 0.3) is 0 Å². The van der Waals surface area contributed by atoms with Crippen LogP contribution in [0.15, 0.2) is 23.8 Å². The molecule has 0 aromatic rings. The van der Waals surface area contributed by atoms with E-state index in [4.69, 9.17) is 5.11 Å². The zero-order chi connectivity index (χ0) is 21.0. The van der Waals surface area contributed by atoms with Gasteiger partial charge in [-0.2, -0.15) is 0 Å². The zero-order valence-corrected chi connectivity index (χ0v) is 18.2. The lowest BCUT2D eigenvalue weighted by molar-refractivity contribution is -0.137. The first-order valence-electron chi connectivity index (χ1n) is 11.8. The second-order valence-electron chi connectivity index (χ2n) is 9.89. The highest BCUT2D eigenvalue weighted by atomic mass is 16.4. The Bertz CT molecular complexity index is 610. The molecule has 0 aromatic carbocycles. The van der Waals surface area contributed by atoms with Gasteiger partial charge in [0, 0.05) is 12.3 Å². The van der Waals surface area contributed by atoms with Crippen LogP contribution in [0.2, 0.25) is 0 Å². The van der Waals surface area contributed by atoms with Crippen molar-refractivity contribution >= 4 is 5.97 Å². The lowest BCUT2D eigenvalue weighted by atomic mass is 9.84. The molecule has 29 heavy (non-hydrogen) atoms. The van der Waals surface area contributed by atoms with E-state index >= 15 is 0 Å². The number of carbonyl (C=O) groups is 1. The fourth-order valence-corrected chi connectivity index (χ4v) is 6.43. The van der Waals surface area contributed by atoms with Crippen LogP contribution in [0.5, 0.6) is 0 Å². The molecule has 4 nitrogen and oxygen atoms in total. The molecule has 4 heteroatoms. The van der Waals surface area contributed by atoms with Gasteiger partial charge in [0.05, 0.1) is 12.2 Å². The van der Waals surface area contributed by atoms with Gasteiger partial charge in [-0.15, -0.1) is 0 Å². The van der Waals surface area contributed by atoms with E-state index in [1.54, 1.807) is 0 Å². The normalized spacial score (nSPS) is 39.4. The van der Waals surface area contributed by atoms with Crippen molar-refractivity contribution in [1.82, 2.24) is 0 Å². The van der Waals surface area contributed by atoms with Crippen LogP contribution in [0.25, 0.3) is 0 Å². The SMILES string of the molecule is CCCC1CCC([C@@H](O)/C=C/[C@@H]2[C@H]3C/C(=C/CCCC(=O)O)C[C@@H]3C[C@H]2O)C1C. The summed E-state index contributed by atoms with van der Waals surface area (Å²) < 4.78 is 0.